The van der Waals surface area contributed by atoms with Crippen molar-refractivity contribution in [2.75, 3.05) is 0 Å². The summed E-state index contributed by atoms with van der Waals surface area (Å²) in [6, 6.07) is 17.3. The van der Waals surface area contributed by atoms with Gasteiger partial charge in [0.25, 0.3) is 0 Å². The first kappa shape index (κ1) is 18.8. The molecule has 2 heteroatoms. The molecule has 0 radical (unpaired) electrons. The van der Waals surface area contributed by atoms with Crippen molar-refractivity contribution in [3.63, 3.8) is 0 Å². The Labute approximate surface area is 151 Å². The van der Waals surface area contributed by atoms with E-state index in [0.717, 1.165) is 18.0 Å². The molecule has 2 aromatic rings. The van der Waals surface area contributed by atoms with Gasteiger partial charge in [-0.15, -0.1) is 0 Å². The van der Waals surface area contributed by atoms with Crippen LogP contribution in [0.3, 0.4) is 0 Å². The zero-order valence-electron chi connectivity index (χ0n) is 15.1. The van der Waals surface area contributed by atoms with Crippen molar-refractivity contribution in [3.05, 3.63) is 81.9 Å². The molecule has 2 aromatic carbocycles. The van der Waals surface area contributed by atoms with Crippen LogP contribution >= 0.6 is 11.6 Å². The fourth-order valence-electron chi connectivity index (χ4n) is 2.88. The number of rotatable bonds is 7. The molecule has 0 fully saturated rings. The van der Waals surface area contributed by atoms with Crippen molar-refractivity contribution < 1.29 is 0 Å². The number of aryl methyl sites for hydroxylation is 1. The van der Waals surface area contributed by atoms with Crippen LogP contribution in [0, 0.1) is 6.92 Å². The number of nitrogens with one attached hydrogen (secondary N) is 1. The average molecular weight is 342 g/mol. The molecule has 0 heterocycles. The minimum Gasteiger partial charge on any atom is -0.306 e. The smallest absolute Gasteiger partial charge is 0.0406 e. The first-order valence-electron chi connectivity index (χ1n) is 8.63. The Morgan fingerprint density at radius 1 is 1.04 bits per heavy atom. The second-order valence-electron chi connectivity index (χ2n) is 6.91. The molecule has 1 nitrogen and oxygen atoms in total. The molecule has 0 spiro atoms. The summed E-state index contributed by atoms with van der Waals surface area (Å²) < 4.78 is 0. The quantitative estimate of drug-likeness (QED) is 0.585. The van der Waals surface area contributed by atoms with Crippen LogP contribution < -0.4 is 5.32 Å². The summed E-state index contributed by atoms with van der Waals surface area (Å²) in [7, 11) is 0. The molecule has 1 N–H and O–H groups in total. The van der Waals surface area contributed by atoms with E-state index in [-0.39, 0.29) is 0 Å². The van der Waals surface area contributed by atoms with Crippen LogP contribution in [-0.4, -0.2) is 6.04 Å². The van der Waals surface area contributed by atoms with Gasteiger partial charge in [-0.25, -0.2) is 0 Å². The van der Waals surface area contributed by atoms with E-state index in [4.69, 9.17) is 11.6 Å². The molecule has 0 aliphatic rings. The maximum absolute atomic E-state index is 5.96. The van der Waals surface area contributed by atoms with Crippen molar-refractivity contribution in [1.82, 2.24) is 5.32 Å². The number of hydrogen-bond acceptors (Lipinski definition) is 1. The lowest BCUT2D eigenvalue weighted by Gasteiger charge is -2.21. The van der Waals surface area contributed by atoms with Gasteiger partial charge in [-0.3, -0.25) is 0 Å². The van der Waals surface area contributed by atoms with Crippen LogP contribution in [0.1, 0.15) is 49.8 Å². The Morgan fingerprint density at radius 2 is 1.67 bits per heavy atom. The second-order valence-corrected chi connectivity index (χ2v) is 7.34. The van der Waals surface area contributed by atoms with Crippen molar-refractivity contribution >= 4 is 11.6 Å². The maximum atomic E-state index is 5.96. The van der Waals surface area contributed by atoms with E-state index in [1.807, 2.05) is 12.1 Å². The van der Waals surface area contributed by atoms with Crippen LogP contribution in [0.2, 0.25) is 5.02 Å². The third kappa shape index (κ3) is 6.14. The van der Waals surface area contributed by atoms with Crippen molar-refractivity contribution in [2.45, 2.75) is 52.6 Å². The van der Waals surface area contributed by atoms with Gasteiger partial charge < -0.3 is 5.32 Å². The van der Waals surface area contributed by atoms with Crippen LogP contribution in [-0.2, 0) is 6.54 Å². The Kier molecular flexibility index (Phi) is 7.08. The van der Waals surface area contributed by atoms with Crippen LogP contribution in [0.15, 0.2) is 60.2 Å². The molecule has 0 aliphatic carbocycles. The summed E-state index contributed by atoms with van der Waals surface area (Å²) in [5, 5.41) is 4.46. The van der Waals surface area contributed by atoms with Crippen LogP contribution in [0.4, 0.5) is 0 Å². The Morgan fingerprint density at radius 3 is 2.25 bits per heavy atom. The minimum atomic E-state index is 0.363. The highest BCUT2D eigenvalue weighted by Crippen LogP contribution is 2.22. The topological polar surface area (TPSA) is 12.0 Å². The molecular formula is C22H28ClN. The largest absolute Gasteiger partial charge is 0.306 e. The SMILES string of the molecule is CC(C)=CC(C[C@H](C)c1ccc(C)cc1)NCc1ccc(Cl)cc1. The molecule has 0 aliphatic heterocycles. The average Bonchev–Trinajstić information content (AvgIpc) is 2.54. The summed E-state index contributed by atoms with van der Waals surface area (Å²) in [5.74, 6) is 0.518. The molecule has 0 saturated carbocycles. The minimum absolute atomic E-state index is 0.363. The summed E-state index contributed by atoms with van der Waals surface area (Å²) in [5.41, 5.74) is 5.32. The summed E-state index contributed by atoms with van der Waals surface area (Å²) in [6.45, 7) is 9.61. The van der Waals surface area contributed by atoms with Crippen molar-refractivity contribution in [1.29, 1.82) is 0 Å². The third-order valence-corrected chi connectivity index (χ3v) is 4.52. The molecule has 128 valence electrons. The predicted octanol–water partition coefficient (Wildman–Crippen LogP) is 6.27. The van der Waals surface area contributed by atoms with Gasteiger partial charge in [0.15, 0.2) is 0 Å². The van der Waals surface area contributed by atoms with Crippen molar-refractivity contribution in [3.8, 4) is 0 Å². The second kappa shape index (κ2) is 9.05. The van der Waals surface area contributed by atoms with Gasteiger partial charge in [0, 0.05) is 17.6 Å². The highest BCUT2D eigenvalue weighted by Gasteiger charge is 2.12. The van der Waals surface area contributed by atoms with E-state index >= 15 is 0 Å². The standard InChI is InChI=1S/C22H28ClN/c1-16(2)13-22(24-15-19-7-11-21(23)12-8-19)14-18(4)20-9-5-17(3)6-10-20/h5-13,18,22,24H,14-15H2,1-4H3/t18-,22?/m0/s1. The predicted molar refractivity (Wildman–Crippen MR) is 106 cm³/mol. The van der Waals surface area contributed by atoms with Crippen molar-refractivity contribution in [2.24, 2.45) is 0 Å². The molecule has 0 bridgehead atoms. The fraction of sp³-hybridized carbons (Fsp3) is 0.364. The number of hydrogen-bond donors (Lipinski definition) is 1. The molecule has 0 saturated heterocycles. The zero-order valence-corrected chi connectivity index (χ0v) is 15.9. The monoisotopic (exact) mass is 341 g/mol. The molecule has 2 rings (SSSR count). The van der Waals surface area contributed by atoms with Gasteiger partial charge in [0.05, 0.1) is 0 Å². The summed E-state index contributed by atoms with van der Waals surface area (Å²) in [6.07, 6.45) is 3.42. The molecule has 1 unspecified atom stereocenters. The Balaban J connectivity index is 2.00. The Bertz CT molecular complexity index is 651. The van der Waals surface area contributed by atoms with Gasteiger partial charge in [0.1, 0.15) is 0 Å². The summed E-state index contributed by atoms with van der Waals surface area (Å²) in [4.78, 5) is 0. The van der Waals surface area contributed by atoms with Gasteiger partial charge in [-0.1, -0.05) is 72.1 Å². The summed E-state index contributed by atoms with van der Waals surface area (Å²) >= 11 is 5.96. The van der Waals surface area contributed by atoms with Crippen LogP contribution in [0.5, 0.6) is 0 Å². The highest BCUT2D eigenvalue weighted by molar-refractivity contribution is 6.30. The molecule has 24 heavy (non-hydrogen) atoms. The van der Waals surface area contributed by atoms with E-state index in [1.54, 1.807) is 0 Å². The van der Waals surface area contributed by atoms with E-state index in [0.29, 0.717) is 12.0 Å². The first-order valence-corrected chi connectivity index (χ1v) is 9.01. The lowest BCUT2D eigenvalue weighted by Crippen LogP contribution is -2.28. The molecular weight excluding hydrogens is 314 g/mol. The maximum Gasteiger partial charge on any atom is 0.0406 e. The van der Waals surface area contributed by atoms with Crippen LogP contribution in [0.25, 0.3) is 0 Å². The molecule has 0 amide bonds. The van der Waals surface area contributed by atoms with Gasteiger partial charge >= 0.3 is 0 Å². The number of halogens is 1. The fourth-order valence-corrected chi connectivity index (χ4v) is 3.00. The Hall–Kier alpha value is -1.57. The highest BCUT2D eigenvalue weighted by atomic mass is 35.5. The van der Waals surface area contributed by atoms with E-state index in [9.17, 15) is 0 Å². The number of allylic oxidation sites excluding steroid dienone is 1. The van der Waals surface area contributed by atoms with Gasteiger partial charge in [-0.05, 0) is 56.4 Å². The van der Waals surface area contributed by atoms with Gasteiger partial charge in [0.2, 0.25) is 0 Å². The van der Waals surface area contributed by atoms with E-state index in [1.165, 1.54) is 22.3 Å². The molecule has 2 atom stereocenters. The number of benzene rings is 2. The third-order valence-electron chi connectivity index (χ3n) is 4.27. The zero-order chi connectivity index (χ0) is 17.5. The lowest BCUT2D eigenvalue weighted by atomic mass is 9.92. The first-order chi connectivity index (χ1) is 11.4. The molecule has 0 aromatic heterocycles. The normalized spacial score (nSPS) is 13.4. The lowest BCUT2D eigenvalue weighted by molar-refractivity contribution is 0.512. The van der Waals surface area contributed by atoms with E-state index < -0.39 is 0 Å². The van der Waals surface area contributed by atoms with E-state index in [2.05, 4.69) is 75.5 Å². The van der Waals surface area contributed by atoms with Gasteiger partial charge in [-0.2, -0.15) is 0 Å².